The van der Waals surface area contributed by atoms with Gasteiger partial charge < -0.3 is 14.4 Å². The van der Waals surface area contributed by atoms with Crippen molar-refractivity contribution in [2.24, 2.45) is 5.10 Å². The van der Waals surface area contributed by atoms with Crippen molar-refractivity contribution in [2.45, 2.75) is 6.92 Å². The van der Waals surface area contributed by atoms with Crippen LogP contribution in [0, 0.1) is 0 Å². The third kappa shape index (κ3) is 3.71. The molecule has 2 rings (SSSR count). The number of nitrogens with zero attached hydrogens (tertiary/aromatic N) is 2. The van der Waals surface area contributed by atoms with Crippen LogP contribution < -0.4 is 10.2 Å². The Hall–Kier alpha value is -2.08. The number of ketones is 1. The van der Waals surface area contributed by atoms with Gasteiger partial charge in [0.1, 0.15) is 5.75 Å². The largest absolute Gasteiger partial charge is 0.497 e. The van der Waals surface area contributed by atoms with Crippen molar-refractivity contribution in [3.05, 3.63) is 24.3 Å². The molecule has 1 saturated heterocycles. The molecule has 0 aliphatic carbocycles. The monoisotopic (exact) mass is 277 g/mol. The molecule has 1 N–H and O–H groups in total. The van der Waals surface area contributed by atoms with Crippen molar-refractivity contribution in [3.8, 4) is 5.75 Å². The lowest BCUT2D eigenvalue weighted by Crippen LogP contribution is -2.44. The van der Waals surface area contributed by atoms with Gasteiger partial charge in [0.25, 0.3) is 0 Å². The third-order valence-electron chi connectivity index (χ3n) is 3.01. The maximum Gasteiger partial charge on any atom is 0.196 e. The molecule has 0 spiro atoms. The summed E-state index contributed by atoms with van der Waals surface area (Å²) in [5.41, 5.74) is 3.71. The first kappa shape index (κ1) is 14.3. The van der Waals surface area contributed by atoms with E-state index < -0.39 is 0 Å². The molecule has 0 bridgehead atoms. The highest BCUT2D eigenvalue weighted by Crippen LogP contribution is 2.15. The molecule has 1 heterocycles. The van der Waals surface area contributed by atoms with Crippen molar-refractivity contribution in [3.63, 3.8) is 0 Å². The second-order valence-electron chi connectivity index (χ2n) is 4.43. The molecule has 0 unspecified atom stereocenters. The molecule has 1 aromatic carbocycles. The fourth-order valence-corrected chi connectivity index (χ4v) is 1.93. The van der Waals surface area contributed by atoms with Crippen LogP contribution in [0.5, 0.6) is 5.75 Å². The lowest BCUT2D eigenvalue weighted by Gasteiger charge is -2.28. The zero-order chi connectivity index (χ0) is 14.4. The van der Waals surface area contributed by atoms with Crippen LogP contribution in [0.4, 0.5) is 5.69 Å². The quantitative estimate of drug-likeness (QED) is 0.511. The normalized spacial score (nSPS) is 15.9. The van der Waals surface area contributed by atoms with Gasteiger partial charge in [-0.3, -0.25) is 10.2 Å². The molecule has 6 heteroatoms. The first-order valence-corrected chi connectivity index (χ1v) is 6.52. The molecule has 1 aromatic rings. The van der Waals surface area contributed by atoms with Gasteiger partial charge in [-0.1, -0.05) is 0 Å². The lowest BCUT2D eigenvalue weighted by atomic mass is 10.3. The zero-order valence-corrected chi connectivity index (χ0v) is 11.8. The van der Waals surface area contributed by atoms with Crippen molar-refractivity contribution in [2.75, 3.05) is 38.8 Å². The minimum Gasteiger partial charge on any atom is -0.497 e. The number of Topliss-reactive ketones (excluding diaryl/α,β-unsaturated/α-hetero) is 1. The summed E-state index contributed by atoms with van der Waals surface area (Å²) < 4.78 is 10.4. The predicted molar refractivity (Wildman–Crippen MR) is 77.1 cm³/mol. The Morgan fingerprint density at radius 2 is 1.95 bits per heavy atom. The highest BCUT2D eigenvalue weighted by Gasteiger charge is 2.18. The number of ether oxygens (including phenoxy) is 2. The highest BCUT2D eigenvalue weighted by molar-refractivity contribution is 6.37. The average molecular weight is 277 g/mol. The van der Waals surface area contributed by atoms with Crippen LogP contribution in [0.25, 0.3) is 0 Å². The molecule has 108 valence electrons. The molecule has 20 heavy (non-hydrogen) atoms. The average Bonchev–Trinajstić information content (AvgIpc) is 2.49. The number of hydrazone groups is 1. The second kappa shape index (κ2) is 6.91. The Kier molecular flexibility index (Phi) is 4.95. The Morgan fingerprint density at radius 1 is 1.30 bits per heavy atom. The Balaban J connectivity index is 2.06. The number of rotatable bonds is 4. The number of carbonyl (C=O) groups excluding carboxylic acids is 1. The van der Waals surface area contributed by atoms with Gasteiger partial charge >= 0.3 is 0 Å². The summed E-state index contributed by atoms with van der Waals surface area (Å²) in [6, 6.07) is 7.36. The van der Waals surface area contributed by atoms with Gasteiger partial charge in [0.2, 0.25) is 0 Å². The highest BCUT2D eigenvalue weighted by atomic mass is 16.5. The summed E-state index contributed by atoms with van der Waals surface area (Å²) >= 11 is 0. The summed E-state index contributed by atoms with van der Waals surface area (Å²) in [4.78, 5) is 13.6. The fraction of sp³-hybridized carbons (Fsp3) is 0.429. The van der Waals surface area contributed by atoms with Gasteiger partial charge in [-0.25, -0.2) is 0 Å². The van der Waals surface area contributed by atoms with E-state index in [0.29, 0.717) is 32.1 Å². The second-order valence-corrected chi connectivity index (χ2v) is 4.43. The zero-order valence-electron chi connectivity index (χ0n) is 11.8. The molecule has 0 amide bonds. The minimum absolute atomic E-state index is 0.0621. The topological polar surface area (TPSA) is 63.2 Å². The van der Waals surface area contributed by atoms with Gasteiger partial charge in [0.15, 0.2) is 11.6 Å². The number of amidine groups is 1. The first-order valence-electron chi connectivity index (χ1n) is 6.52. The smallest absolute Gasteiger partial charge is 0.196 e. The van der Waals surface area contributed by atoms with E-state index in [1.54, 1.807) is 7.11 Å². The molecule has 0 atom stereocenters. The number of carbonyl (C=O) groups is 1. The maximum atomic E-state index is 11.7. The van der Waals surface area contributed by atoms with Crippen LogP contribution in [0.2, 0.25) is 0 Å². The van der Waals surface area contributed by atoms with Crippen molar-refractivity contribution >= 4 is 17.3 Å². The van der Waals surface area contributed by atoms with Crippen LogP contribution in [0.15, 0.2) is 29.4 Å². The van der Waals surface area contributed by atoms with E-state index in [-0.39, 0.29) is 5.78 Å². The van der Waals surface area contributed by atoms with E-state index in [1.807, 2.05) is 29.2 Å². The van der Waals surface area contributed by atoms with E-state index in [4.69, 9.17) is 9.47 Å². The van der Waals surface area contributed by atoms with Gasteiger partial charge in [0.05, 0.1) is 26.0 Å². The number of benzene rings is 1. The maximum absolute atomic E-state index is 11.7. The Morgan fingerprint density at radius 3 is 2.50 bits per heavy atom. The first-order chi connectivity index (χ1) is 9.70. The van der Waals surface area contributed by atoms with Gasteiger partial charge in [-0.2, -0.15) is 5.10 Å². The standard InChI is InChI=1S/C14H19N3O3/c1-11(18)14(17-7-9-20-10-8-17)16-15-12-3-5-13(19-2)6-4-12/h3-6,15H,7-10H2,1-2H3. The van der Waals surface area contributed by atoms with Gasteiger partial charge in [-0.05, 0) is 24.3 Å². The molecule has 1 aliphatic heterocycles. The number of morpholine rings is 1. The molecule has 6 nitrogen and oxygen atoms in total. The van der Waals surface area contributed by atoms with E-state index in [1.165, 1.54) is 6.92 Å². The van der Waals surface area contributed by atoms with Crippen molar-refractivity contribution in [1.82, 2.24) is 4.90 Å². The third-order valence-corrected chi connectivity index (χ3v) is 3.01. The van der Waals surface area contributed by atoms with E-state index in [2.05, 4.69) is 10.5 Å². The molecule has 0 aromatic heterocycles. The van der Waals surface area contributed by atoms with Gasteiger partial charge in [0, 0.05) is 20.0 Å². The van der Waals surface area contributed by atoms with E-state index in [0.717, 1.165) is 11.4 Å². The molecular weight excluding hydrogens is 258 g/mol. The summed E-state index contributed by atoms with van der Waals surface area (Å²) in [6.45, 7) is 4.12. The molecule has 1 fully saturated rings. The lowest BCUT2D eigenvalue weighted by molar-refractivity contribution is -0.112. The van der Waals surface area contributed by atoms with Crippen LogP contribution in [-0.4, -0.2) is 49.9 Å². The molecule has 1 aliphatic rings. The van der Waals surface area contributed by atoms with Crippen molar-refractivity contribution in [1.29, 1.82) is 0 Å². The molecular formula is C14H19N3O3. The van der Waals surface area contributed by atoms with Crippen LogP contribution in [0.1, 0.15) is 6.92 Å². The molecule has 0 radical (unpaired) electrons. The fourth-order valence-electron chi connectivity index (χ4n) is 1.93. The Bertz CT molecular complexity index is 479. The van der Waals surface area contributed by atoms with Crippen LogP contribution >= 0.6 is 0 Å². The summed E-state index contributed by atoms with van der Waals surface area (Å²) in [7, 11) is 1.62. The SMILES string of the molecule is COc1ccc(NN=C(C(C)=O)N2CCOCC2)cc1. The van der Waals surface area contributed by atoms with Crippen LogP contribution in [-0.2, 0) is 9.53 Å². The number of nitrogens with one attached hydrogen (secondary N) is 1. The summed E-state index contributed by atoms with van der Waals surface area (Å²) in [6.07, 6.45) is 0. The van der Waals surface area contributed by atoms with E-state index in [9.17, 15) is 4.79 Å². The van der Waals surface area contributed by atoms with Crippen LogP contribution in [0.3, 0.4) is 0 Å². The number of methoxy groups -OCH3 is 1. The van der Waals surface area contributed by atoms with Gasteiger partial charge in [-0.15, -0.1) is 0 Å². The summed E-state index contributed by atoms with van der Waals surface area (Å²) in [5, 5.41) is 4.22. The van der Waals surface area contributed by atoms with E-state index >= 15 is 0 Å². The summed E-state index contributed by atoms with van der Waals surface area (Å²) in [5.74, 6) is 1.15. The van der Waals surface area contributed by atoms with Crippen molar-refractivity contribution < 1.29 is 14.3 Å². The predicted octanol–water partition coefficient (Wildman–Crippen LogP) is 1.34. The number of hydrogen-bond acceptors (Lipinski definition) is 5. The minimum atomic E-state index is -0.0621. The number of anilines is 1. The molecule has 0 saturated carbocycles. The number of hydrogen-bond donors (Lipinski definition) is 1. The Labute approximate surface area is 118 Å².